The summed E-state index contributed by atoms with van der Waals surface area (Å²) in [5.74, 6) is 0.410. The van der Waals surface area contributed by atoms with Gasteiger partial charge in [0.05, 0.1) is 22.2 Å². The Balaban J connectivity index is 1.65. The van der Waals surface area contributed by atoms with E-state index < -0.39 is 6.04 Å². The Morgan fingerprint density at radius 1 is 1.15 bits per heavy atom. The van der Waals surface area contributed by atoms with E-state index in [1.165, 1.54) is 27.9 Å². The molecule has 1 aliphatic rings. The number of benzene rings is 2. The highest BCUT2D eigenvalue weighted by Crippen LogP contribution is 2.39. The molecule has 3 heterocycles. The highest BCUT2D eigenvalue weighted by Gasteiger charge is 2.36. The first kappa shape index (κ1) is 22.0. The van der Waals surface area contributed by atoms with Crippen LogP contribution >= 0.6 is 11.3 Å². The SMILES string of the molecule is CCc1ccc(C2NC(=O)N(c3ccc(C)c(F)c3)C(C)=C2c2nc(-c3cccs3)no2)cc1. The first-order chi connectivity index (χ1) is 16.5. The van der Waals surface area contributed by atoms with Crippen molar-refractivity contribution in [2.45, 2.75) is 33.2 Å². The second-order valence-corrected chi connectivity index (χ2v) is 9.09. The predicted molar refractivity (Wildman–Crippen MR) is 131 cm³/mol. The quantitative estimate of drug-likeness (QED) is 0.358. The number of anilines is 1. The number of carbonyl (C=O) groups excluding carboxylic acids is 1. The van der Waals surface area contributed by atoms with Crippen LogP contribution in [-0.2, 0) is 6.42 Å². The number of allylic oxidation sites excluding steroid dienone is 1. The molecule has 2 aromatic carbocycles. The van der Waals surface area contributed by atoms with Gasteiger partial charge in [0.25, 0.3) is 5.89 Å². The lowest BCUT2D eigenvalue weighted by Gasteiger charge is -2.35. The summed E-state index contributed by atoms with van der Waals surface area (Å²) in [6.45, 7) is 5.59. The van der Waals surface area contributed by atoms with E-state index in [1.54, 1.807) is 19.1 Å². The van der Waals surface area contributed by atoms with E-state index in [-0.39, 0.29) is 11.8 Å². The first-order valence-corrected chi connectivity index (χ1v) is 11.9. The van der Waals surface area contributed by atoms with Gasteiger partial charge in [-0.3, -0.25) is 4.90 Å². The summed E-state index contributed by atoms with van der Waals surface area (Å²) in [5, 5.41) is 9.17. The zero-order valence-electron chi connectivity index (χ0n) is 19.0. The molecule has 1 unspecified atom stereocenters. The van der Waals surface area contributed by atoms with Crippen molar-refractivity contribution in [3.8, 4) is 10.7 Å². The number of thiophene rings is 1. The first-order valence-electron chi connectivity index (χ1n) is 11.0. The molecular formula is C26H23FN4O2S. The van der Waals surface area contributed by atoms with Gasteiger partial charge in [0.15, 0.2) is 0 Å². The van der Waals surface area contributed by atoms with Gasteiger partial charge in [-0.1, -0.05) is 48.5 Å². The van der Waals surface area contributed by atoms with Gasteiger partial charge < -0.3 is 9.84 Å². The van der Waals surface area contributed by atoms with Crippen LogP contribution < -0.4 is 10.2 Å². The number of nitrogens with one attached hydrogen (secondary N) is 1. The topological polar surface area (TPSA) is 71.3 Å². The van der Waals surface area contributed by atoms with Crippen molar-refractivity contribution in [2.75, 3.05) is 4.90 Å². The zero-order valence-corrected chi connectivity index (χ0v) is 19.8. The largest absolute Gasteiger partial charge is 0.334 e. The zero-order chi connectivity index (χ0) is 23.8. The molecule has 0 radical (unpaired) electrons. The van der Waals surface area contributed by atoms with Gasteiger partial charge in [-0.2, -0.15) is 4.98 Å². The molecule has 0 fully saturated rings. The molecule has 0 saturated carbocycles. The summed E-state index contributed by atoms with van der Waals surface area (Å²) in [6, 6.07) is 15.8. The Morgan fingerprint density at radius 3 is 2.62 bits per heavy atom. The molecule has 34 heavy (non-hydrogen) atoms. The van der Waals surface area contributed by atoms with Gasteiger partial charge in [-0.05, 0) is 60.5 Å². The van der Waals surface area contributed by atoms with Crippen LogP contribution in [0.2, 0.25) is 0 Å². The van der Waals surface area contributed by atoms with Crippen molar-refractivity contribution in [3.05, 3.63) is 94.1 Å². The Bertz CT molecular complexity index is 1380. The van der Waals surface area contributed by atoms with Crippen LogP contribution in [-0.4, -0.2) is 16.2 Å². The number of halogens is 1. The third kappa shape index (κ3) is 3.90. The number of rotatable bonds is 5. The number of carbonyl (C=O) groups is 1. The summed E-state index contributed by atoms with van der Waals surface area (Å²) < 4.78 is 20.1. The fraction of sp³-hybridized carbons (Fsp3) is 0.192. The van der Waals surface area contributed by atoms with Crippen molar-refractivity contribution < 1.29 is 13.7 Å². The summed E-state index contributed by atoms with van der Waals surface area (Å²) >= 11 is 1.52. The fourth-order valence-corrected chi connectivity index (χ4v) is 4.74. The molecule has 8 heteroatoms. The Labute approximate surface area is 200 Å². The Kier molecular flexibility index (Phi) is 5.75. The van der Waals surface area contributed by atoms with Crippen LogP contribution in [0.1, 0.15) is 42.5 Å². The maximum absolute atomic E-state index is 14.4. The van der Waals surface area contributed by atoms with Crippen molar-refractivity contribution in [1.29, 1.82) is 0 Å². The summed E-state index contributed by atoms with van der Waals surface area (Å²) in [6.07, 6.45) is 0.916. The third-order valence-corrected chi connectivity index (χ3v) is 6.88. The molecule has 4 aromatic rings. The molecule has 2 amide bonds. The standard InChI is InChI=1S/C26H23FN4O2S/c1-4-17-8-10-18(11-9-17)23-22(25-29-24(30-33-25)21-6-5-13-34-21)16(3)31(26(32)28-23)19-12-7-15(2)20(27)14-19/h5-14,23H,4H2,1-3H3,(H,28,32). The molecule has 0 bridgehead atoms. The Hall–Kier alpha value is -3.78. The maximum Gasteiger partial charge on any atom is 0.327 e. The maximum atomic E-state index is 14.4. The number of hydrogen-bond donors (Lipinski definition) is 1. The van der Waals surface area contributed by atoms with E-state index >= 15 is 0 Å². The number of amides is 2. The summed E-state index contributed by atoms with van der Waals surface area (Å²) in [5.41, 5.74) is 4.29. The van der Waals surface area contributed by atoms with Gasteiger partial charge in [0.2, 0.25) is 5.82 Å². The van der Waals surface area contributed by atoms with E-state index in [4.69, 9.17) is 4.52 Å². The third-order valence-electron chi connectivity index (χ3n) is 6.02. The fourth-order valence-electron chi connectivity index (χ4n) is 4.09. The highest BCUT2D eigenvalue weighted by molar-refractivity contribution is 7.13. The molecule has 2 aromatic heterocycles. The molecule has 1 aliphatic heterocycles. The molecule has 1 N–H and O–H groups in total. The van der Waals surface area contributed by atoms with E-state index in [0.29, 0.717) is 34.2 Å². The normalized spacial score (nSPS) is 16.2. The number of urea groups is 1. The van der Waals surface area contributed by atoms with Crippen LogP contribution in [0.25, 0.3) is 16.3 Å². The Morgan fingerprint density at radius 2 is 1.94 bits per heavy atom. The molecule has 1 atom stereocenters. The second-order valence-electron chi connectivity index (χ2n) is 8.15. The molecule has 6 nitrogen and oxygen atoms in total. The summed E-state index contributed by atoms with van der Waals surface area (Å²) in [4.78, 5) is 20.2. The average Bonchev–Trinajstić information content (AvgIpc) is 3.53. The molecule has 0 saturated heterocycles. The lowest BCUT2D eigenvalue weighted by atomic mass is 9.93. The molecule has 172 valence electrons. The number of aromatic nitrogens is 2. The lowest BCUT2D eigenvalue weighted by Crippen LogP contribution is -2.46. The minimum Gasteiger partial charge on any atom is -0.334 e. The van der Waals surface area contributed by atoms with Gasteiger partial charge in [-0.25, -0.2) is 9.18 Å². The average molecular weight is 475 g/mol. The van der Waals surface area contributed by atoms with Crippen molar-refractivity contribution in [3.63, 3.8) is 0 Å². The van der Waals surface area contributed by atoms with Crippen LogP contribution in [0.5, 0.6) is 0 Å². The number of aryl methyl sites for hydroxylation is 2. The minimum atomic E-state index is -0.499. The van der Waals surface area contributed by atoms with Gasteiger partial charge in [0, 0.05) is 5.70 Å². The van der Waals surface area contributed by atoms with Crippen molar-refractivity contribution in [2.24, 2.45) is 0 Å². The number of nitrogens with zero attached hydrogens (tertiary/aromatic N) is 3. The van der Waals surface area contributed by atoms with Crippen LogP contribution in [0, 0.1) is 12.7 Å². The van der Waals surface area contributed by atoms with E-state index in [0.717, 1.165) is 16.9 Å². The predicted octanol–water partition coefficient (Wildman–Crippen LogP) is 6.51. The van der Waals surface area contributed by atoms with E-state index in [9.17, 15) is 9.18 Å². The van der Waals surface area contributed by atoms with Crippen molar-refractivity contribution in [1.82, 2.24) is 15.5 Å². The molecule has 0 spiro atoms. The van der Waals surface area contributed by atoms with Gasteiger partial charge in [0.1, 0.15) is 5.82 Å². The summed E-state index contributed by atoms with van der Waals surface area (Å²) in [7, 11) is 0. The second kappa shape index (κ2) is 8.87. The lowest BCUT2D eigenvalue weighted by molar-refractivity contribution is 0.244. The van der Waals surface area contributed by atoms with Crippen LogP contribution in [0.4, 0.5) is 14.9 Å². The smallest absolute Gasteiger partial charge is 0.327 e. The molecule has 5 rings (SSSR count). The van der Waals surface area contributed by atoms with Crippen LogP contribution in [0.15, 0.2) is 70.2 Å². The van der Waals surface area contributed by atoms with E-state index in [1.807, 2.05) is 48.7 Å². The molecule has 0 aliphatic carbocycles. The van der Waals surface area contributed by atoms with Gasteiger partial charge in [-0.15, -0.1) is 11.3 Å². The molecular weight excluding hydrogens is 451 g/mol. The van der Waals surface area contributed by atoms with Crippen LogP contribution in [0.3, 0.4) is 0 Å². The monoisotopic (exact) mass is 474 g/mol. The minimum absolute atomic E-state index is 0.308. The van der Waals surface area contributed by atoms with E-state index in [2.05, 4.69) is 22.4 Å². The highest BCUT2D eigenvalue weighted by atomic mass is 32.1. The number of hydrogen-bond acceptors (Lipinski definition) is 5. The van der Waals surface area contributed by atoms with Crippen molar-refractivity contribution >= 4 is 28.6 Å². The van der Waals surface area contributed by atoms with Gasteiger partial charge >= 0.3 is 6.03 Å².